The van der Waals surface area contributed by atoms with Crippen LogP contribution in [-0.4, -0.2) is 29.4 Å². The van der Waals surface area contributed by atoms with Crippen molar-refractivity contribution in [1.82, 2.24) is 5.32 Å². The Balaban J connectivity index is 1.73. The number of carbonyl (C=O) groups excluding carboxylic acids is 3. The summed E-state index contributed by atoms with van der Waals surface area (Å²) in [5.74, 6) is -0.961. The van der Waals surface area contributed by atoms with Crippen molar-refractivity contribution < 1.29 is 14.4 Å². The molecule has 1 N–H and O–H groups in total. The zero-order valence-corrected chi connectivity index (χ0v) is 20.1. The van der Waals surface area contributed by atoms with E-state index in [4.69, 9.17) is 0 Å². The van der Waals surface area contributed by atoms with Gasteiger partial charge in [-0.2, -0.15) is 0 Å². The van der Waals surface area contributed by atoms with Gasteiger partial charge in [0.05, 0.1) is 5.69 Å². The van der Waals surface area contributed by atoms with Gasteiger partial charge in [0.15, 0.2) is 0 Å². The lowest BCUT2D eigenvalue weighted by Gasteiger charge is -2.50. The molecule has 2 aliphatic heterocycles. The number of rotatable bonds is 3. The van der Waals surface area contributed by atoms with Crippen LogP contribution in [0.1, 0.15) is 63.6 Å². The van der Waals surface area contributed by atoms with Gasteiger partial charge in [0.2, 0.25) is 0 Å². The molecule has 33 heavy (non-hydrogen) atoms. The molecule has 6 nitrogen and oxygen atoms in total. The van der Waals surface area contributed by atoms with Crippen LogP contribution in [-0.2, 0) is 9.59 Å². The second kappa shape index (κ2) is 8.18. The molecule has 1 saturated heterocycles. The quantitative estimate of drug-likeness (QED) is 0.523. The highest BCUT2D eigenvalue weighted by molar-refractivity contribution is 6.39. The Kier molecular flexibility index (Phi) is 5.64. The molecule has 0 aliphatic carbocycles. The number of benzene rings is 2. The summed E-state index contributed by atoms with van der Waals surface area (Å²) in [7, 11) is 0. The van der Waals surface area contributed by atoms with Crippen LogP contribution in [0.15, 0.2) is 48.0 Å². The van der Waals surface area contributed by atoms with Gasteiger partial charge < -0.3 is 4.90 Å². The van der Waals surface area contributed by atoms with Crippen LogP contribution in [0.5, 0.6) is 0 Å². The lowest BCUT2D eigenvalue weighted by Crippen LogP contribution is -2.54. The van der Waals surface area contributed by atoms with E-state index in [1.807, 2.05) is 25.1 Å². The molecule has 2 aliphatic rings. The zero-order chi connectivity index (χ0) is 24.1. The van der Waals surface area contributed by atoms with Crippen molar-refractivity contribution in [2.24, 2.45) is 0 Å². The number of urea groups is 1. The van der Waals surface area contributed by atoms with E-state index in [0.717, 1.165) is 22.4 Å². The summed E-state index contributed by atoms with van der Waals surface area (Å²) in [5, 5.41) is 2.30. The first-order chi connectivity index (χ1) is 15.5. The average Bonchev–Trinajstić information content (AvgIpc) is 2.71. The Morgan fingerprint density at radius 3 is 2.36 bits per heavy atom. The van der Waals surface area contributed by atoms with E-state index in [1.165, 1.54) is 11.3 Å². The fourth-order valence-corrected chi connectivity index (χ4v) is 5.29. The second-order valence-corrected chi connectivity index (χ2v) is 9.99. The minimum Gasteiger partial charge on any atom is -0.364 e. The normalized spacial score (nSPS) is 21.5. The molecule has 0 bridgehead atoms. The predicted octanol–water partition coefficient (Wildman–Crippen LogP) is 5.16. The fourth-order valence-electron chi connectivity index (χ4n) is 5.29. The average molecular weight is 446 g/mol. The van der Waals surface area contributed by atoms with Gasteiger partial charge in [0.1, 0.15) is 5.57 Å². The third-order valence-corrected chi connectivity index (χ3v) is 6.52. The molecule has 4 amide bonds. The molecule has 2 aromatic carbocycles. The van der Waals surface area contributed by atoms with Gasteiger partial charge in [-0.3, -0.25) is 14.9 Å². The van der Waals surface area contributed by atoms with E-state index >= 15 is 0 Å². The van der Waals surface area contributed by atoms with E-state index in [0.29, 0.717) is 17.6 Å². The maximum Gasteiger partial charge on any atom is 0.335 e. The van der Waals surface area contributed by atoms with Crippen LogP contribution in [0.4, 0.5) is 16.2 Å². The molecule has 0 saturated carbocycles. The molecule has 2 heterocycles. The first kappa shape index (κ1) is 22.8. The van der Waals surface area contributed by atoms with E-state index in [1.54, 1.807) is 18.2 Å². The third kappa shape index (κ3) is 4.06. The van der Waals surface area contributed by atoms with Gasteiger partial charge in [-0.15, -0.1) is 0 Å². The third-order valence-electron chi connectivity index (χ3n) is 6.52. The highest BCUT2D eigenvalue weighted by Crippen LogP contribution is 2.44. The summed E-state index contributed by atoms with van der Waals surface area (Å²) in [6.45, 7) is 13.1. The summed E-state index contributed by atoms with van der Waals surface area (Å²) in [6, 6.07) is 12.7. The Labute approximate surface area is 195 Å². The molecule has 0 unspecified atom stereocenters. The molecular formula is C27H31N3O3. The lowest BCUT2D eigenvalue weighted by atomic mass is 9.78. The monoisotopic (exact) mass is 445 g/mol. The van der Waals surface area contributed by atoms with Crippen molar-refractivity contribution in [3.05, 3.63) is 64.7 Å². The van der Waals surface area contributed by atoms with Crippen LogP contribution in [0.2, 0.25) is 0 Å². The molecule has 0 spiro atoms. The predicted molar refractivity (Wildman–Crippen MR) is 131 cm³/mol. The van der Waals surface area contributed by atoms with E-state index in [-0.39, 0.29) is 11.1 Å². The van der Waals surface area contributed by atoms with Gasteiger partial charge in [0, 0.05) is 17.3 Å². The maximum atomic E-state index is 13.2. The number of anilines is 2. The minimum absolute atomic E-state index is 0.0364. The molecule has 4 rings (SSSR count). The summed E-state index contributed by atoms with van der Waals surface area (Å²) in [5.41, 5.74) is 4.57. The SMILES string of the molecule is Cc1ccc(N2C(=O)NC(=O)/C(=C\c3ccc4c(c3)[C@H](C)CC(C)(C)N4C(C)C)C2=O)cc1. The number of imide groups is 2. The van der Waals surface area contributed by atoms with E-state index in [2.05, 4.69) is 57.0 Å². The standard InChI is InChI=1S/C27H31N3O3/c1-16(2)30-23-12-9-19(13-21(23)18(4)15-27(30,5)6)14-22-24(31)28-26(33)29(25(22)32)20-10-7-17(3)8-11-20/h7-14,16,18H,15H2,1-6H3,(H,28,31,33)/b22-14+/t18-/m1/s1. The van der Waals surface area contributed by atoms with Crippen LogP contribution >= 0.6 is 0 Å². The van der Waals surface area contributed by atoms with Crippen molar-refractivity contribution in [3.63, 3.8) is 0 Å². The Morgan fingerprint density at radius 2 is 1.73 bits per heavy atom. The lowest BCUT2D eigenvalue weighted by molar-refractivity contribution is -0.122. The first-order valence-corrected chi connectivity index (χ1v) is 11.4. The molecule has 6 heteroatoms. The smallest absolute Gasteiger partial charge is 0.335 e. The molecule has 2 aromatic rings. The van der Waals surface area contributed by atoms with E-state index in [9.17, 15) is 14.4 Å². The van der Waals surface area contributed by atoms with Crippen molar-refractivity contribution in [3.8, 4) is 0 Å². The van der Waals surface area contributed by atoms with E-state index < -0.39 is 17.8 Å². The molecule has 0 radical (unpaired) electrons. The molecule has 0 aromatic heterocycles. The minimum atomic E-state index is -0.736. The van der Waals surface area contributed by atoms with Crippen LogP contribution in [0.3, 0.4) is 0 Å². The van der Waals surface area contributed by atoms with Crippen molar-refractivity contribution in [2.75, 3.05) is 9.80 Å². The van der Waals surface area contributed by atoms with Crippen LogP contribution in [0, 0.1) is 6.92 Å². The number of hydrogen-bond donors (Lipinski definition) is 1. The number of nitrogens with zero attached hydrogens (tertiary/aromatic N) is 2. The molecule has 172 valence electrons. The summed E-state index contributed by atoms with van der Waals surface area (Å²) < 4.78 is 0. The van der Waals surface area contributed by atoms with Gasteiger partial charge in [-0.1, -0.05) is 30.7 Å². The van der Waals surface area contributed by atoms with Gasteiger partial charge in [-0.05, 0) is 88.4 Å². The fraction of sp³-hybridized carbons (Fsp3) is 0.370. The number of amides is 4. The van der Waals surface area contributed by atoms with Crippen LogP contribution < -0.4 is 15.1 Å². The van der Waals surface area contributed by atoms with Crippen molar-refractivity contribution >= 4 is 35.3 Å². The number of barbiturate groups is 1. The topological polar surface area (TPSA) is 69.7 Å². The van der Waals surface area contributed by atoms with Crippen molar-refractivity contribution in [2.45, 2.75) is 65.5 Å². The molecule has 1 fully saturated rings. The Bertz CT molecular complexity index is 1160. The maximum absolute atomic E-state index is 13.2. The Hall–Kier alpha value is -3.41. The van der Waals surface area contributed by atoms with Crippen LogP contribution in [0.25, 0.3) is 6.08 Å². The Morgan fingerprint density at radius 1 is 1.06 bits per heavy atom. The van der Waals surface area contributed by atoms with Crippen molar-refractivity contribution in [1.29, 1.82) is 0 Å². The van der Waals surface area contributed by atoms with Gasteiger partial charge in [0.25, 0.3) is 11.8 Å². The summed E-state index contributed by atoms with van der Waals surface area (Å²) in [6.07, 6.45) is 2.59. The number of carbonyl (C=O) groups is 3. The first-order valence-electron chi connectivity index (χ1n) is 11.4. The van der Waals surface area contributed by atoms with Gasteiger partial charge >= 0.3 is 6.03 Å². The number of hydrogen-bond acceptors (Lipinski definition) is 4. The highest BCUT2D eigenvalue weighted by Gasteiger charge is 2.39. The largest absolute Gasteiger partial charge is 0.364 e. The summed E-state index contributed by atoms with van der Waals surface area (Å²) in [4.78, 5) is 41.6. The number of nitrogens with one attached hydrogen (secondary N) is 1. The highest BCUT2D eigenvalue weighted by atomic mass is 16.2. The molecule has 1 atom stereocenters. The zero-order valence-electron chi connectivity index (χ0n) is 20.1. The second-order valence-electron chi connectivity index (χ2n) is 9.99. The summed E-state index contributed by atoms with van der Waals surface area (Å²) >= 11 is 0. The number of aryl methyl sites for hydroxylation is 1. The number of fused-ring (bicyclic) bond motifs is 1. The van der Waals surface area contributed by atoms with Gasteiger partial charge in [-0.25, -0.2) is 9.69 Å². The molecular weight excluding hydrogens is 414 g/mol.